The molecule has 0 aliphatic rings. The lowest BCUT2D eigenvalue weighted by molar-refractivity contribution is -0.137. The molecule has 0 radical (unpaired) electrons. The van der Waals surface area contributed by atoms with E-state index in [1.807, 2.05) is 13.0 Å². The number of hydrogen-bond acceptors (Lipinski definition) is 3. The molecular weight excluding hydrogens is 218 g/mol. The number of nitrogens with two attached hydrogens (primary N) is 1. The van der Waals surface area contributed by atoms with Crippen LogP contribution < -0.4 is 5.73 Å². The van der Waals surface area contributed by atoms with Crippen LogP contribution >= 0.6 is 0 Å². The number of ether oxygens (including phenoxy) is 1. The molecule has 0 saturated heterocycles. The Labute approximate surface area is 100 Å². The molecule has 1 amide bonds. The van der Waals surface area contributed by atoms with Crippen LogP contribution in [0, 0.1) is 0 Å². The zero-order valence-electron chi connectivity index (χ0n) is 9.68. The van der Waals surface area contributed by atoms with Gasteiger partial charge in [-0.3, -0.25) is 4.79 Å². The third-order valence-corrected chi connectivity index (χ3v) is 2.06. The largest absolute Gasteiger partial charge is 0.463 e. The van der Waals surface area contributed by atoms with Gasteiger partial charge in [0, 0.05) is 6.08 Å². The van der Waals surface area contributed by atoms with Gasteiger partial charge in [0.25, 0.3) is 0 Å². The minimum Gasteiger partial charge on any atom is -0.463 e. The average molecular weight is 233 g/mol. The van der Waals surface area contributed by atoms with Gasteiger partial charge in [0.1, 0.15) is 0 Å². The highest BCUT2D eigenvalue weighted by Gasteiger charge is 2.10. The zero-order valence-corrected chi connectivity index (χ0v) is 9.68. The van der Waals surface area contributed by atoms with Crippen LogP contribution in [0.1, 0.15) is 18.9 Å². The number of carbonyl (C=O) groups is 2. The fraction of sp³-hybridized carbons (Fsp3) is 0.231. The number of amides is 1. The summed E-state index contributed by atoms with van der Waals surface area (Å²) in [6.45, 7) is 2.22. The lowest BCUT2D eigenvalue weighted by atomic mass is 10.1. The number of hydrogen-bond donors (Lipinski definition) is 1. The van der Waals surface area contributed by atoms with Crippen LogP contribution in [0.4, 0.5) is 0 Å². The van der Waals surface area contributed by atoms with Gasteiger partial charge in [0.15, 0.2) is 0 Å². The van der Waals surface area contributed by atoms with Gasteiger partial charge in [-0.15, -0.1) is 0 Å². The average Bonchev–Trinajstić information content (AvgIpc) is 2.34. The molecule has 0 unspecified atom stereocenters. The SMILES string of the molecule is CCCOC(=O)/C=C(\C(N)=O)c1ccccc1. The normalized spacial score (nSPS) is 11.0. The third kappa shape index (κ3) is 4.10. The molecule has 1 aromatic rings. The van der Waals surface area contributed by atoms with Crippen molar-refractivity contribution in [3.8, 4) is 0 Å². The summed E-state index contributed by atoms with van der Waals surface area (Å²) in [4.78, 5) is 22.6. The summed E-state index contributed by atoms with van der Waals surface area (Å²) >= 11 is 0. The standard InChI is InChI=1S/C13H15NO3/c1-2-8-17-12(15)9-11(13(14)16)10-6-4-3-5-7-10/h3-7,9H,2,8H2,1H3,(H2,14,16)/b11-9-. The van der Waals surface area contributed by atoms with Gasteiger partial charge < -0.3 is 10.5 Å². The van der Waals surface area contributed by atoms with Gasteiger partial charge in [0.05, 0.1) is 12.2 Å². The second-order valence-corrected chi connectivity index (χ2v) is 3.46. The summed E-state index contributed by atoms with van der Waals surface area (Å²) < 4.78 is 4.87. The molecule has 0 aliphatic carbocycles. The smallest absolute Gasteiger partial charge is 0.331 e. The van der Waals surface area contributed by atoms with E-state index in [1.54, 1.807) is 24.3 Å². The molecule has 0 bridgehead atoms. The van der Waals surface area contributed by atoms with E-state index < -0.39 is 11.9 Å². The Morgan fingerprint density at radius 2 is 1.94 bits per heavy atom. The van der Waals surface area contributed by atoms with E-state index in [0.717, 1.165) is 12.5 Å². The fourth-order valence-electron chi connectivity index (χ4n) is 1.28. The topological polar surface area (TPSA) is 69.4 Å². The number of esters is 1. The summed E-state index contributed by atoms with van der Waals surface area (Å²) in [5, 5.41) is 0. The van der Waals surface area contributed by atoms with Crippen molar-refractivity contribution in [2.24, 2.45) is 5.73 Å². The first-order chi connectivity index (χ1) is 8.15. The molecule has 0 spiro atoms. The molecular formula is C13H15NO3. The minimum atomic E-state index is -0.648. The van der Waals surface area contributed by atoms with Crippen molar-refractivity contribution in [1.82, 2.24) is 0 Å². The van der Waals surface area contributed by atoms with Crippen LogP contribution in [0.5, 0.6) is 0 Å². The summed E-state index contributed by atoms with van der Waals surface area (Å²) in [7, 11) is 0. The molecule has 0 heterocycles. The lowest BCUT2D eigenvalue weighted by Crippen LogP contribution is -2.15. The Balaban J connectivity index is 2.91. The van der Waals surface area contributed by atoms with E-state index in [2.05, 4.69) is 0 Å². The fourth-order valence-corrected chi connectivity index (χ4v) is 1.28. The Morgan fingerprint density at radius 1 is 1.29 bits per heavy atom. The zero-order chi connectivity index (χ0) is 12.7. The third-order valence-electron chi connectivity index (χ3n) is 2.06. The van der Waals surface area contributed by atoms with Crippen LogP contribution in [0.3, 0.4) is 0 Å². The molecule has 17 heavy (non-hydrogen) atoms. The lowest BCUT2D eigenvalue weighted by Gasteiger charge is -2.04. The monoisotopic (exact) mass is 233 g/mol. The predicted octanol–water partition coefficient (Wildman–Crippen LogP) is 1.51. The van der Waals surface area contributed by atoms with E-state index in [1.165, 1.54) is 0 Å². The predicted molar refractivity (Wildman–Crippen MR) is 64.9 cm³/mol. The Kier molecular flexibility index (Phi) is 4.94. The van der Waals surface area contributed by atoms with E-state index >= 15 is 0 Å². The van der Waals surface area contributed by atoms with Crippen molar-refractivity contribution >= 4 is 17.4 Å². The molecule has 1 aromatic carbocycles. The molecule has 1 rings (SSSR count). The maximum atomic E-state index is 11.4. The van der Waals surface area contributed by atoms with Crippen LogP contribution in [0.25, 0.3) is 5.57 Å². The van der Waals surface area contributed by atoms with E-state index in [-0.39, 0.29) is 5.57 Å². The van der Waals surface area contributed by atoms with Crippen molar-refractivity contribution in [3.05, 3.63) is 42.0 Å². The number of carbonyl (C=O) groups excluding carboxylic acids is 2. The van der Waals surface area contributed by atoms with Crippen LogP contribution in [-0.4, -0.2) is 18.5 Å². The molecule has 4 heteroatoms. The number of rotatable bonds is 5. The Bertz CT molecular complexity index is 424. The highest BCUT2D eigenvalue weighted by Crippen LogP contribution is 2.13. The molecule has 2 N–H and O–H groups in total. The summed E-state index contributed by atoms with van der Waals surface area (Å²) in [6, 6.07) is 8.78. The first-order valence-corrected chi connectivity index (χ1v) is 5.38. The molecule has 0 aliphatic heterocycles. The van der Waals surface area contributed by atoms with Gasteiger partial charge in [-0.2, -0.15) is 0 Å². The van der Waals surface area contributed by atoms with Crippen molar-refractivity contribution in [3.63, 3.8) is 0 Å². The summed E-state index contributed by atoms with van der Waals surface area (Å²) in [5.41, 5.74) is 5.99. The van der Waals surface area contributed by atoms with Gasteiger partial charge >= 0.3 is 5.97 Å². The second-order valence-electron chi connectivity index (χ2n) is 3.46. The molecule has 90 valence electrons. The minimum absolute atomic E-state index is 0.159. The second kappa shape index (κ2) is 6.48. The van der Waals surface area contributed by atoms with Crippen molar-refractivity contribution < 1.29 is 14.3 Å². The van der Waals surface area contributed by atoms with Crippen molar-refractivity contribution in [2.75, 3.05) is 6.61 Å². The van der Waals surface area contributed by atoms with E-state index in [9.17, 15) is 9.59 Å². The highest BCUT2D eigenvalue weighted by atomic mass is 16.5. The van der Waals surface area contributed by atoms with Gasteiger partial charge in [-0.05, 0) is 12.0 Å². The van der Waals surface area contributed by atoms with E-state index in [4.69, 9.17) is 10.5 Å². The first kappa shape index (κ1) is 13.0. The Morgan fingerprint density at radius 3 is 2.47 bits per heavy atom. The summed E-state index contributed by atoms with van der Waals surface area (Å²) in [6.07, 6.45) is 1.87. The molecule has 0 atom stereocenters. The maximum Gasteiger partial charge on any atom is 0.331 e. The molecule has 4 nitrogen and oxygen atoms in total. The van der Waals surface area contributed by atoms with E-state index in [0.29, 0.717) is 12.2 Å². The first-order valence-electron chi connectivity index (χ1n) is 5.38. The number of benzene rings is 1. The van der Waals surface area contributed by atoms with Gasteiger partial charge in [-0.1, -0.05) is 37.3 Å². The van der Waals surface area contributed by atoms with Crippen molar-refractivity contribution in [1.29, 1.82) is 0 Å². The Hall–Kier alpha value is -2.10. The van der Waals surface area contributed by atoms with Crippen LogP contribution in [0.2, 0.25) is 0 Å². The van der Waals surface area contributed by atoms with Crippen molar-refractivity contribution in [2.45, 2.75) is 13.3 Å². The maximum absolute atomic E-state index is 11.4. The van der Waals surface area contributed by atoms with Gasteiger partial charge in [0.2, 0.25) is 5.91 Å². The highest BCUT2D eigenvalue weighted by molar-refractivity contribution is 6.22. The number of primary amides is 1. The quantitative estimate of drug-likeness (QED) is 0.619. The molecule has 0 fully saturated rings. The molecule has 0 saturated carbocycles. The van der Waals surface area contributed by atoms with Crippen LogP contribution in [0.15, 0.2) is 36.4 Å². The van der Waals surface area contributed by atoms with Crippen LogP contribution in [-0.2, 0) is 14.3 Å². The molecule has 0 aromatic heterocycles. The summed E-state index contributed by atoms with van der Waals surface area (Å²) in [5.74, 6) is -1.20. The van der Waals surface area contributed by atoms with Gasteiger partial charge in [-0.25, -0.2) is 4.79 Å².